The molecule has 1 aromatic carbocycles. The number of hydrogen-bond donors (Lipinski definition) is 1. The molecule has 27 heavy (non-hydrogen) atoms. The van der Waals surface area contributed by atoms with Gasteiger partial charge in [-0.05, 0) is 40.9 Å². The Morgan fingerprint density at radius 2 is 2.04 bits per heavy atom. The van der Waals surface area contributed by atoms with Crippen LogP contribution in [0.2, 0.25) is 0 Å². The summed E-state index contributed by atoms with van der Waals surface area (Å²) in [6, 6.07) is 6.14. The fourth-order valence-corrected chi connectivity index (χ4v) is 4.39. The van der Waals surface area contributed by atoms with Crippen molar-refractivity contribution in [2.45, 2.75) is 30.7 Å². The van der Waals surface area contributed by atoms with Crippen molar-refractivity contribution < 1.29 is 18.1 Å². The molecule has 0 bridgehead atoms. The van der Waals surface area contributed by atoms with Crippen LogP contribution >= 0.6 is 0 Å². The van der Waals surface area contributed by atoms with Gasteiger partial charge in [0.15, 0.2) is 0 Å². The fraction of sp³-hybridized carbons (Fsp3) is 0.375. The Bertz CT molecular complexity index is 950. The van der Waals surface area contributed by atoms with Crippen LogP contribution in [-0.2, 0) is 21.4 Å². The lowest BCUT2D eigenvalue weighted by atomic mass is 10.3. The SMILES string of the molecule is O=C(CCn1cnc([N+](=O)[O-])c1)Nc1cccc(S(=O)(=O)N2CCCC2)c1. The quantitative estimate of drug-likeness (QED) is 0.562. The average molecular weight is 393 g/mol. The maximum absolute atomic E-state index is 12.6. The van der Waals surface area contributed by atoms with Gasteiger partial charge < -0.3 is 20.0 Å². The van der Waals surface area contributed by atoms with Gasteiger partial charge in [-0.1, -0.05) is 6.07 Å². The lowest BCUT2D eigenvalue weighted by Gasteiger charge is -2.16. The van der Waals surface area contributed by atoms with Crippen molar-refractivity contribution in [3.05, 3.63) is 46.9 Å². The van der Waals surface area contributed by atoms with E-state index in [0.29, 0.717) is 18.8 Å². The van der Waals surface area contributed by atoms with Gasteiger partial charge in [0, 0.05) is 31.7 Å². The molecule has 2 aromatic rings. The third kappa shape index (κ3) is 4.49. The second-order valence-corrected chi connectivity index (χ2v) is 8.10. The second kappa shape index (κ2) is 7.84. The average Bonchev–Trinajstić information content (AvgIpc) is 3.32. The molecule has 0 saturated carbocycles. The van der Waals surface area contributed by atoms with Gasteiger partial charge in [-0.2, -0.15) is 4.31 Å². The van der Waals surface area contributed by atoms with Crippen LogP contribution in [0.5, 0.6) is 0 Å². The molecule has 0 unspecified atom stereocenters. The predicted molar refractivity (Wildman–Crippen MR) is 96.6 cm³/mol. The monoisotopic (exact) mass is 393 g/mol. The number of hydrogen-bond acceptors (Lipinski definition) is 6. The van der Waals surface area contributed by atoms with E-state index in [0.717, 1.165) is 12.8 Å². The molecule has 1 aromatic heterocycles. The Hall–Kier alpha value is -2.79. The van der Waals surface area contributed by atoms with E-state index >= 15 is 0 Å². The summed E-state index contributed by atoms with van der Waals surface area (Å²) in [5.74, 6) is -0.614. The number of imidazole rings is 1. The van der Waals surface area contributed by atoms with Crippen LogP contribution in [0.15, 0.2) is 41.7 Å². The number of anilines is 1. The van der Waals surface area contributed by atoms with E-state index in [9.17, 15) is 23.3 Å². The highest BCUT2D eigenvalue weighted by molar-refractivity contribution is 7.89. The van der Waals surface area contributed by atoms with E-state index in [-0.39, 0.29) is 29.6 Å². The van der Waals surface area contributed by atoms with Crippen LogP contribution in [0, 0.1) is 10.1 Å². The van der Waals surface area contributed by atoms with Crippen molar-refractivity contribution in [2.24, 2.45) is 0 Å². The first-order valence-corrected chi connectivity index (χ1v) is 9.86. The van der Waals surface area contributed by atoms with Crippen molar-refractivity contribution in [2.75, 3.05) is 18.4 Å². The largest absolute Gasteiger partial charge is 0.381 e. The molecule has 10 nitrogen and oxygen atoms in total. The summed E-state index contributed by atoms with van der Waals surface area (Å²) in [5.41, 5.74) is 0.386. The number of nitro groups is 1. The van der Waals surface area contributed by atoms with Gasteiger partial charge in [0.2, 0.25) is 22.3 Å². The molecule has 1 aliphatic heterocycles. The molecule has 0 spiro atoms. The maximum Gasteiger partial charge on any atom is 0.381 e. The minimum absolute atomic E-state index is 0.0661. The number of nitrogens with zero attached hydrogens (tertiary/aromatic N) is 4. The van der Waals surface area contributed by atoms with Gasteiger partial charge in [0.25, 0.3) is 0 Å². The van der Waals surface area contributed by atoms with Crippen LogP contribution in [-0.4, -0.2) is 46.2 Å². The lowest BCUT2D eigenvalue weighted by Crippen LogP contribution is -2.27. The number of aryl methyl sites for hydroxylation is 1. The van der Waals surface area contributed by atoms with Crippen molar-refractivity contribution in [3.8, 4) is 0 Å². The van der Waals surface area contributed by atoms with E-state index in [1.807, 2.05) is 0 Å². The Morgan fingerprint density at radius 3 is 2.70 bits per heavy atom. The van der Waals surface area contributed by atoms with E-state index < -0.39 is 14.9 Å². The third-order valence-corrected chi connectivity index (χ3v) is 6.12. The van der Waals surface area contributed by atoms with Crippen LogP contribution in [0.25, 0.3) is 0 Å². The first-order valence-electron chi connectivity index (χ1n) is 8.42. The molecule has 1 saturated heterocycles. The maximum atomic E-state index is 12.6. The number of amides is 1. The van der Waals surface area contributed by atoms with Gasteiger partial charge in [0.05, 0.1) is 4.90 Å². The Morgan fingerprint density at radius 1 is 1.30 bits per heavy atom. The zero-order valence-electron chi connectivity index (χ0n) is 14.4. The van der Waals surface area contributed by atoms with E-state index in [1.54, 1.807) is 12.1 Å². The summed E-state index contributed by atoms with van der Waals surface area (Å²) in [6.45, 7) is 1.24. The molecule has 0 aliphatic carbocycles. The van der Waals surface area contributed by atoms with Gasteiger partial charge in [-0.25, -0.2) is 8.42 Å². The highest BCUT2D eigenvalue weighted by Crippen LogP contribution is 2.23. The normalized spacial score (nSPS) is 15.0. The zero-order chi connectivity index (χ0) is 19.4. The second-order valence-electron chi connectivity index (χ2n) is 6.16. The number of aromatic nitrogens is 2. The van der Waals surface area contributed by atoms with Gasteiger partial charge in [-0.3, -0.25) is 4.79 Å². The number of benzene rings is 1. The number of sulfonamides is 1. The summed E-state index contributed by atoms with van der Waals surface area (Å²) < 4.78 is 28.1. The molecular formula is C16H19N5O5S. The van der Waals surface area contributed by atoms with Crippen LogP contribution in [0.1, 0.15) is 19.3 Å². The molecule has 1 amide bonds. The topological polar surface area (TPSA) is 127 Å². The molecule has 1 aliphatic rings. The Balaban J connectivity index is 1.61. The lowest BCUT2D eigenvalue weighted by molar-refractivity contribution is -0.389. The summed E-state index contributed by atoms with van der Waals surface area (Å²) in [7, 11) is -3.55. The Kier molecular flexibility index (Phi) is 5.51. The number of carbonyl (C=O) groups is 1. The number of nitrogens with one attached hydrogen (secondary N) is 1. The van der Waals surface area contributed by atoms with Gasteiger partial charge >= 0.3 is 5.82 Å². The zero-order valence-corrected chi connectivity index (χ0v) is 15.3. The first-order chi connectivity index (χ1) is 12.9. The number of carbonyl (C=O) groups excluding carboxylic acids is 1. The molecule has 0 radical (unpaired) electrons. The molecule has 1 fully saturated rings. The minimum Gasteiger partial charge on any atom is -0.358 e. The summed E-state index contributed by atoms with van der Waals surface area (Å²) >= 11 is 0. The summed E-state index contributed by atoms with van der Waals surface area (Å²) in [5, 5.41) is 13.3. The minimum atomic E-state index is -3.55. The van der Waals surface area contributed by atoms with Crippen molar-refractivity contribution in [1.29, 1.82) is 0 Å². The molecule has 3 rings (SSSR count). The molecule has 144 valence electrons. The van der Waals surface area contributed by atoms with Gasteiger partial charge in [0.1, 0.15) is 6.20 Å². The van der Waals surface area contributed by atoms with E-state index in [1.165, 1.54) is 33.5 Å². The summed E-state index contributed by atoms with van der Waals surface area (Å²) in [4.78, 5) is 25.9. The molecule has 11 heteroatoms. The molecule has 1 N–H and O–H groups in total. The van der Waals surface area contributed by atoms with E-state index in [4.69, 9.17) is 0 Å². The third-order valence-electron chi connectivity index (χ3n) is 4.22. The predicted octanol–water partition coefficient (Wildman–Crippen LogP) is 1.60. The first kappa shape index (κ1) is 19.0. The van der Waals surface area contributed by atoms with Crippen LogP contribution < -0.4 is 5.32 Å². The van der Waals surface area contributed by atoms with Crippen LogP contribution in [0.3, 0.4) is 0 Å². The highest BCUT2D eigenvalue weighted by Gasteiger charge is 2.27. The molecule has 2 heterocycles. The molecular weight excluding hydrogens is 374 g/mol. The van der Waals surface area contributed by atoms with Crippen molar-refractivity contribution in [3.63, 3.8) is 0 Å². The van der Waals surface area contributed by atoms with E-state index in [2.05, 4.69) is 10.3 Å². The highest BCUT2D eigenvalue weighted by atomic mass is 32.2. The molecule has 0 atom stereocenters. The van der Waals surface area contributed by atoms with Crippen LogP contribution in [0.4, 0.5) is 11.5 Å². The summed E-state index contributed by atoms with van der Waals surface area (Å²) in [6.07, 6.45) is 4.30. The Labute approximate surface area is 156 Å². The fourth-order valence-electron chi connectivity index (χ4n) is 2.83. The van der Waals surface area contributed by atoms with Crippen molar-refractivity contribution in [1.82, 2.24) is 13.9 Å². The smallest absolute Gasteiger partial charge is 0.358 e. The van der Waals surface area contributed by atoms with Gasteiger partial charge in [-0.15, -0.1) is 0 Å². The standard InChI is InChI=1S/C16H19N5O5S/c22-16(6-9-19-11-15(17-12-19)21(23)24)18-13-4-3-5-14(10-13)27(25,26)20-7-1-2-8-20/h3-5,10-12H,1-2,6-9H2,(H,18,22). The van der Waals surface area contributed by atoms with Crippen molar-refractivity contribution >= 4 is 27.4 Å². The number of rotatable bonds is 7.